The van der Waals surface area contributed by atoms with Crippen LogP contribution in [0.3, 0.4) is 0 Å². The van der Waals surface area contributed by atoms with E-state index in [1.807, 2.05) is 32.5 Å². The minimum absolute atomic E-state index is 0.0513. The lowest BCUT2D eigenvalue weighted by atomic mass is 10.1. The lowest BCUT2D eigenvalue weighted by Gasteiger charge is -2.26. The monoisotopic (exact) mass is 304 g/mol. The highest BCUT2D eigenvalue weighted by molar-refractivity contribution is 7.99. The number of aryl methyl sites for hydroxylation is 1. The van der Waals surface area contributed by atoms with E-state index in [1.54, 1.807) is 6.08 Å². The summed E-state index contributed by atoms with van der Waals surface area (Å²) >= 11 is 2.02. The molecule has 0 atom stereocenters. The molecule has 0 unspecified atom stereocenters. The lowest BCUT2D eigenvalue weighted by Crippen LogP contribution is -2.31. The Morgan fingerprint density at radius 1 is 1.33 bits per heavy atom. The van der Waals surface area contributed by atoms with Gasteiger partial charge in [0, 0.05) is 42.9 Å². The molecule has 0 aromatic heterocycles. The lowest BCUT2D eigenvalue weighted by molar-refractivity contribution is -0.111. The first-order valence-corrected chi connectivity index (χ1v) is 8.55. The van der Waals surface area contributed by atoms with Gasteiger partial charge in [0.2, 0.25) is 5.91 Å². The van der Waals surface area contributed by atoms with Crippen LogP contribution in [0, 0.1) is 6.92 Å². The third-order valence-electron chi connectivity index (χ3n) is 3.49. The van der Waals surface area contributed by atoms with E-state index in [0.717, 1.165) is 36.5 Å². The number of benzene rings is 1. The van der Waals surface area contributed by atoms with Crippen molar-refractivity contribution in [1.29, 1.82) is 0 Å². The summed E-state index contributed by atoms with van der Waals surface area (Å²) in [5.41, 5.74) is 4.29. The molecule has 1 aromatic carbocycles. The first kappa shape index (κ1) is 16.1. The molecule has 1 aliphatic rings. The zero-order valence-electron chi connectivity index (χ0n) is 13.1. The summed E-state index contributed by atoms with van der Waals surface area (Å²) in [6.45, 7) is 9.15. The van der Waals surface area contributed by atoms with Gasteiger partial charge in [-0.2, -0.15) is 11.8 Å². The molecule has 1 aliphatic heterocycles. The number of thioether (sulfide) groups is 1. The summed E-state index contributed by atoms with van der Waals surface area (Å²) in [5, 5.41) is 2.98. The summed E-state index contributed by atoms with van der Waals surface area (Å²) < 4.78 is 0. The first-order chi connectivity index (χ1) is 10.0. The van der Waals surface area contributed by atoms with Crippen molar-refractivity contribution in [2.75, 3.05) is 29.9 Å². The van der Waals surface area contributed by atoms with Crippen molar-refractivity contribution < 1.29 is 4.79 Å². The topological polar surface area (TPSA) is 32.3 Å². The molecule has 1 aromatic rings. The Kier molecular flexibility index (Phi) is 5.88. The van der Waals surface area contributed by atoms with Crippen LogP contribution in [0.2, 0.25) is 0 Å². The third kappa shape index (κ3) is 5.21. The van der Waals surface area contributed by atoms with Crippen molar-refractivity contribution in [2.45, 2.75) is 27.3 Å². The van der Waals surface area contributed by atoms with E-state index in [-0.39, 0.29) is 5.91 Å². The molecule has 2 rings (SSSR count). The molecule has 1 saturated heterocycles. The molecule has 1 N–H and O–H groups in total. The van der Waals surface area contributed by atoms with Crippen molar-refractivity contribution in [1.82, 2.24) is 4.90 Å². The highest BCUT2D eigenvalue weighted by Gasteiger charge is 2.11. The Morgan fingerprint density at radius 3 is 2.71 bits per heavy atom. The standard InChI is InChI=1S/C17H24N2OS/c1-13(2)10-17(20)18-16-11-15(5-4-14(16)3)12-19-6-8-21-9-7-19/h4-5,10-11H,6-9,12H2,1-3H3,(H,18,20). The number of amides is 1. The molecule has 114 valence electrons. The Labute approximate surface area is 131 Å². The molecule has 3 nitrogen and oxygen atoms in total. The van der Waals surface area contributed by atoms with E-state index >= 15 is 0 Å². The number of anilines is 1. The predicted octanol–water partition coefficient (Wildman–Crippen LogP) is 3.45. The number of allylic oxidation sites excluding steroid dienone is 1. The Balaban J connectivity index is 2.05. The number of nitrogens with zero attached hydrogens (tertiary/aromatic N) is 1. The van der Waals surface area contributed by atoms with Crippen molar-refractivity contribution in [2.24, 2.45) is 0 Å². The molecule has 21 heavy (non-hydrogen) atoms. The van der Waals surface area contributed by atoms with Gasteiger partial charge in [0.15, 0.2) is 0 Å². The molecule has 4 heteroatoms. The molecule has 0 bridgehead atoms. The largest absolute Gasteiger partial charge is 0.322 e. The average Bonchev–Trinajstić information content (AvgIpc) is 2.43. The van der Waals surface area contributed by atoms with Gasteiger partial charge in [-0.15, -0.1) is 0 Å². The Bertz CT molecular complexity index is 530. The van der Waals surface area contributed by atoms with Crippen LogP contribution < -0.4 is 5.32 Å². The first-order valence-electron chi connectivity index (χ1n) is 7.40. The van der Waals surface area contributed by atoms with E-state index in [9.17, 15) is 4.79 Å². The van der Waals surface area contributed by atoms with Crippen molar-refractivity contribution in [3.05, 3.63) is 41.0 Å². The zero-order valence-corrected chi connectivity index (χ0v) is 13.9. The van der Waals surface area contributed by atoms with Gasteiger partial charge in [-0.05, 0) is 38.0 Å². The van der Waals surface area contributed by atoms with Crippen LogP contribution in [-0.2, 0) is 11.3 Å². The summed E-state index contributed by atoms with van der Waals surface area (Å²) in [6, 6.07) is 6.35. The molecule has 0 spiro atoms. The second-order valence-corrected chi connectivity index (χ2v) is 6.97. The van der Waals surface area contributed by atoms with Crippen LogP contribution in [0.15, 0.2) is 29.8 Å². The van der Waals surface area contributed by atoms with E-state index < -0.39 is 0 Å². The number of hydrogen-bond donors (Lipinski definition) is 1. The van der Waals surface area contributed by atoms with E-state index in [2.05, 4.69) is 28.4 Å². The third-order valence-corrected chi connectivity index (χ3v) is 4.43. The van der Waals surface area contributed by atoms with Crippen LogP contribution in [0.25, 0.3) is 0 Å². The fourth-order valence-electron chi connectivity index (χ4n) is 2.35. The molecule has 1 heterocycles. The van der Waals surface area contributed by atoms with Gasteiger partial charge in [0.05, 0.1) is 0 Å². The van der Waals surface area contributed by atoms with Crippen LogP contribution in [0.5, 0.6) is 0 Å². The van der Waals surface area contributed by atoms with E-state index in [1.165, 1.54) is 17.1 Å². The van der Waals surface area contributed by atoms with Crippen molar-refractivity contribution in [3.63, 3.8) is 0 Å². The minimum atomic E-state index is -0.0513. The van der Waals surface area contributed by atoms with Crippen LogP contribution >= 0.6 is 11.8 Å². The highest BCUT2D eigenvalue weighted by Crippen LogP contribution is 2.20. The van der Waals surface area contributed by atoms with Gasteiger partial charge >= 0.3 is 0 Å². The van der Waals surface area contributed by atoms with Crippen LogP contribution in [0.1, 0.15) is 25.0 Å². The highest BCUT2D eigenvalue weighted by atomic mass is 32.2. The quantitative estimate of drug-likeness (QED) is 0.865. The second kappa shape index (κ2) is 7.66. The van der Waals surface area contributed by atoms with Crippen LogP contribution in [0.4, 0.5) is 5.69 Å². The zero-order chi connectivity index (χ0) is 15.2. The van der Waals surface area contributed by atoms with E-state index in [0.29, 0.717) is 0 Å². The Hall–Kier alpha value is -1.26. The minimum Gasteiger partial charge on any atom is -0.322 e. The average molecular weight is 304 g/mol. The summed E-state index contributed by atoms with van der Waals surface area (Å²) in [5.74, 6) is 2.39. The molecule has 0 radical (unpaired) electrons. The SMILES string of the molecule is CC(C)=CC(=O)Nc1cc(CN2CCSCC2)ccc1C. The Morgan fingerprint density at radius 2 is 2.05 bits per heavy atom. The van der Waals surface area contributed by atoms with Gasteiger partial charge in [-0.25, -0.2) is 0 Å². The fraction of sp³-hybridized carbons (Fsp3) is 0.471. The summed E-state index contributed by atoms with van der Waals surface area (Å²) in [7, 11) is 0. The van der Waals surface area contributed by atoms with Crippen LogP contribution in [-0.4, -0.2) is 35.4 Å². The van der Waals surface area contributed by atoms with Gasteiger partial charge in [-0.3, -0.25) is 9.69 Å². The van der Waals surface area contributed by atoms with Crippen molar-refractivity contribution in [3.8, 4) is 0 Å². The van der Waals surface area contributed by atoms with Gasteiger partial charge < -0.3 is 5.32 Å². The van der Waals surface area contributed by atoms with Gasteiger partial charge in [0.25, 0.3) is 0 Å². The molecule has 0 aliphatic carbocycles. The van der Waals surface area contributed by atoms with Gasteiger partial charge in [0.1, 0.15) is 0 Å². The molecule has 1 amide bonds. The smallest absolute Gasteiger partial charge is 0.248 e. The number of carbonyl (C=O) groups is 1. The molecular weight excluding hydrogens is 280 g/mol. The van der Waals surface area contributed by atoms with Gasteiger partial charge in [-0.1, -0.05) is 17.7 Å². The predicted molar refractivity (Wildman–Crippen MR) is 91.8 cm³/mol. The molecule has 1 fully saturated rings. The maximum atomic E-state index is 11.9. The fourth-order valence-corrected chi connectivity index (χ4v) is 3.33. The maximum absolute atomic E-state index is 11.9. The van der Waals surface area contributed by atoms with E-state index in [4.69, 9.17) is 0 Å². The summed E-state index contributed by atoms with van der Waals surface area (Å²) in [4.78, 5) is 14.4. The second-order valence-electron chi connectivity index (χ2n) is 5.75. The number of rotatable bonds is 4. The maximum Gasteiger partial charge on any atom is 0.248 e. The van der Waals surface area contributed by atoms with Crippen molar-refractivity contribution >= 4 is 23.4 Å². The molecule has 0 saturated carbocycles. The summed E-state index contributed by atoms with van der Waals surface area (Å²) in [6.07, 6.45) is 1.63. The normalized spacial score (nSPS) is 15.6. The number of hydrogen-bond acceptors (Lipinski definition) is 3. The number of nitrogens with one attached hydrogen (secondary N) is 1. The molecular formula is C17H24N2OS. The number of carbonyl (C=O) groups excluding carboxylic acids is 1.